The molecule has 0 saturated carbocycles. The highest BCUT2D eigenvalue weighted by atomic mass is 32.2. The summed E-state index contributed by atoms with van der Waals surface area (Å²) in [5.74, 6) is -0.704. The van der Waals surface area contributed by atoms with Crippen molar-refractivity contribution in [2.45, 2.75) is 18.9 Å². The third-order valence-electron chi connectivity index (χ3n) is 4.18. The molecule has 0 unspecified atom stereocenters. The molecule has 1 aromatic carbocycles. The monoisotopic (exact) mass is 409 g/mol. The maximum Gasteiger partial charge on any atom is 0.293 e. The second-order valence-corrected chi connectivity index (χ2v) is 7.56. The fourth-order valence-electron chi connectivity index (χ4n) is 2.76. The largest absolute Gasteiger partial charge is 0.376 e. The Kier molecular flexibility index (Phi) is 6.81. The average molecular weight is 410 g/mol. The first-order chi connectivity index (χ1) is 13.0. The number of thiocarbonyl (C=S) groups is 1. The lowest BCUT2D eigenvalue weighted by Crippen LogP contribution is -2.43. The molecule has 0 aromatic heterocycles. The molecule has 2 heterocycles. The minimum atomic E-state index is -0.352. The standard InChI is InChI=1S/C18H20FN3O3S2/c19-13-5-3-12(4-6-13)10-15-16(23)22(18(24)27-15)8-7-20-17(26)21-11-14-2-1-9-25-14/h3-6,10,14H,1-2,7-9,11H2,(H2,20,21,26)/b15-10-/t14-/m1/s1. The molecule has 2 aliphatic rings. The van der Waals surface area contributed by atoms with Crippen LogP contribution in [0.2, 0.25) is 0 Å². The Morgan fingerprint density at radius 1 is 1.33 bits per heavy atom. The molecule has 0 spiro atoms. The number of carbonyl (C=O) groups is 2. The molecular formula is C18H20FN3O3S2. The molecule has 0 bridgehead atoms. The van der Waals surface area contributed by atoms with Crippen molar-refractivity contribution in [1.29, 1.82) is 0 Å². The molecule has 27 heavy (non-hydrogen) atoms. The Morgan fingerprint density at radius 3 is 2.81 bits per heavy atom. The van der Waals surface area contributed by atoms with Crippen LogP contribution in [0.4, 0.5) is 9.18 Å². The SMILES string of the molecule is O=C1S/C(=C\c2ccc(F)cc2)C(=O)N1CCNC(=S)NC[C@H]1CCCO1. The van der Waals surface area contributed by atoms with Gasteiger partial charge in [-0.2, -0.15) is 0 Å². The van der Waals surface area contributed by atoms with E-state index in [4.69, 9.17) is 17.0 Å². The van der Waals surface area contributed by atoms with E-state index in [1.165, 1.54) is 17.0 Å². The van der Waals surface area contributed by atoms with E-state index in [0.717, 1.165) is 31.2 Å². The van der Waals surface area contributed by atoms with Gasteiger partial charge in [-0.15, -0.1) is 0 Å². The average Bonchev–Trinajstić information content (AvgIpc) is 3.26. The molecular weight excluding hydrogens is 389 g/mol. The van der Waals surface area contributed by atoms with Gasteiger partial charge in [0.25, 0.3) is 11.1 Å². The van der Waals surface area contributed by atoms with E-state index in [2.05, 4.69) is 10.6 Å². The first-order valence-corrected chi connectivity index (χ1v) is 9.89. The maximum atomic E-state index is 13.0. The van der Waals surface area contributed by atoms with Crippen LogP contribution in [-0.4, -0.2) is 53.5 Å². The van der Waals surface area contributed by atoms with Gasteiger partial charge < -0.3 is 15.4 Å². The van der Waals surface area contributed by atoms with E-state index in [1.54, 1.807) is 18.2 Å². The number of thioether (sulfide) groups is 1. The first kappa shape index (κ1) is 19.8. The Balaban J connectivity index is 1.45. The van der Waals surface area contributed by atoms with Crippen LogP contribution in [0.15, 0.2) is 29.2 Å². The van der Waals surface area contributed by atoms with E-state index in [1.807, 2.05) is 0 Å². The summed E-state index contributed by atoms with van der Waals surface area (Å²) in [6.45, 7) is 2.01. The van der Waals surface area contributed by atoms with Gasteiger partial charge >= 0.3 is 0 Å². The number of imide groups is 1. The van der Waals surface area contributed by atoms with E-state index >= 15 is 0 Å². The molecule has 2 fully saturated rings. The van der Waals surface area contributed by atoms with Crippen LogP contribution in [0.3, 0.4) is 0 Å². The molecule has 0 radical (unpaired) electrons. The zero-order valence-electron chi connectivity index (χ0n) is 14.6. The summed E-state index contributed by atoms with van der Waals surface area (Å²) in [4.78, 5) is 26.0. The molecule has 6 nitrogen and oxygen atoms in total. The number of hydrogen-bond donors (Lipinski definition) is 2. The Bertz CT molecular complexity index is 749. The maximum absolute atomic E-state index is 13.0. The minimum Gasteiger partial charge on any atom is -0.376 e. The number of rotatable bonds is 6. The van der Waals surface area contributed by atoms with Crippen LogP contribution < -0.4 is 10.6 Å². The van der Waals surface area contributed by atoms with Crippen molar-refractivity contribution in [3.8, 4) is 0 Å². The van der Waals surface area contributed by atoms with E-state index in [0.29, 0.717) is 28.7 Å². The summed E-state index contributed by atoms with van der Waals surface area (Å²) >= 11 is 6.07. The third kappa shape index (κ3) is 5.50. The molecule has 2 amide bonds. The van der Waals surface area contributed by atoms with Gasteiger partial charge in [0.2, 0.25) is 0 Å². The van der Waals surface area contributed by atoms with Crippen molar-refractivity contribution in [2.24, 2.45) is 0 Å². The van der Waals surface area contributed by atoms with Crippen molar-refractivity contribution < 1.29 is 18.7 Å². The second kappa shape index (κ2) is 9.29. The van der Waals surface area contributed by atoms with Gasteiger partial charge in [0, 0.05) is 26.2 Å². The molecule has 1 atom stereocenters. The summed E-state index contributed by atoms with van der Waals surface area (Å²) in [5, 5.41) is 6.22. The van der Waals surface area contributed by atoms with Gasteiger partial charge in [-0.3, -0.25) is 14.5 Å². The number of carbonyl (C=O) groups excluding carboxylic acids is 2. The Hall–Kier alpha value is -1.97. The Labute approximate surface area is 166 Å². The molecule has 0 aliphatic carbocycles. The minimum absolute atomic E-state index is 0.182. The highest BCUT2D eigenvalue weighted by Gasteiger charge is 2.34. The number of ether oxygens (including phenoxy) is 1. The number of hydrogen-bond acceptors (Lipinski definition) is 5. The fraction of sp³-hybridized carbons (Fsp3) is 0.389. The molecule has 144 valence electrons. The normalized spacial score (nSPS) is 21.1. The van der Waals surface area contributed by atoms with Crippen molar-refractivity contribution in [3.05, 3.63) is 40.6 Å². The predicted octanol–water partition coefficient (Wildman–Crippen LogP) is 2.51. The lowest BCUT2D eigenvalue weighted by molar-refractivity contribution is -0.122. The predicted molar refractivity (Wildman–Crippen MR) is 107 cm³/mol. The van der Waals surface area contributed by atoms with Gasteiger partial charge in [0.15, 0.2) is 5.11 Å². The van der Waals surface area contributed by atoms with Gasteiger partial charge in [0.05, 0.1) is 11.0 Å². The number of amides is 2. The van der Waals surface area contributed by atoms with Gasteiger partial charge in [0.1, 0.15) is 5.82 Å². The van der Waals surface area contributed by atoms with Crippen molar-refractivity contribution in [1.82, 2.24) is 15.5 Å². The number of nitrogens with zero attached hydrogens (tertiary/aromatic N) is 1. The lowest BCUT2D eigenvalue weighted by atomic mass is 10.2. The lowest BCUT2D eigenvalue weighted by Gasteiger charge is -2.16. The quantitative estimate of drug-likeness (QED) is 0.553. The summed E-state index contributed by atoms with van der Waals surface area (Å²) in [6.07, 6.45) is 3.86. The third-order valence-corrected chi connectivity index (χ3v) is 5.37. The first-order valence-electron chi connectivity index (χ1n) is 8.67. The highest BCUT2D eigenvalue weighted by Crippen LogP contribution is 2.31. The summed E-state index contributed by atoms with van der Waals surface area (Å²) < 4.78 is 18.5. The molecule has 3 rings (SSSR count). The smallest absolute Gasteiger partial charge is 0.293 e. The molecule has 1 aromatic rings. The van der Waals surface area contributed by atoms with E-state index < -0.39 is 0 Å². The zero-order valence-corrected chi connectivity index (χ0v) is 16.2. The molecule has 2 aliphatic heterocycles. The zero-order chi connectivity index (χ0) is 19.2. The van der Waals surface area contributed by atoms with Gasteiger partial charge in [-0.1, -0.05) is 12.1 Å². The van der Waals surface area contributed by atoms with E-state index in [9.17, 15) is 14.0 Å². The van der Waals surface area contributed by atoms with Crippen molar-refractivity contribution in [3.63, 3.8) is 0 Å². The topological polar surface area (TPSA) is 70.7 Å². The molecule has 2 N–H and O–H groups in total. The van der Waals surface area contributed by atoms with Crippen LogP contribution in [0.25, 0.3) is 6.08 Å². The van der Waals surface area contributed by atoms with Gasteiger partial charge in [-0.05, 0) is 60.6 Å². The second-order valence-electron chi connectivity index (χ2n) is 6.16. The van der Waals surface area contributed by atoms with Crippen LogP contribution in [-0.2, 0) is 9.53 Å². The number of benzene rings is 1. The molecule has 9 heteroatoms. The van der Waals surface area contributed by atoms with Crippen LogP contribution in [0, 0.1) is 5.82 Å². The fourth-order valence-corrected chi connectivity index (χ4v) is 3.81. The highest BCUT2D eigenvalue weighted by molar-refractivity contribution is 8.18. The summed E-state index contributed by atoms with van der Waals surface area (Å²) in [7, 11) is 0. The van der Waals surface area contributed by atoms with Crippen LogP contribution in [0.5, 0.6) is 0 Å². The Morgan fingerprint density at radius 2 is 2.11 bits per heavy atom. The van der Waals surface area contributed by atoms with Crippen molar-refractivity contribution in [2.75, 3.05) is 26.2 Å². The summed E-state index contributed by atoms with van der Waals surface area (Å²) in [5.41, 5.74) is 0.666. The van der Waals surface area contributed by atoms with Crippen LogP contribution in [0.1, 0.15) is 18.4 Å². The summed E-state index contributed by atoms with van der Waals surface area (Å²) in [6, 6.07) is 5.74. The van der Waals surface area contributed by atoms with E-state index in [-0.39, 0.29) is 29.6 Å². The van der Waals surface area contributed by atoms with Crippen LogP contribution >= 0.6 is 24.0 Å². The number of nitrogens with one attached hydrogen (secondary N) is 2. The van der Waals surface area contributed by atoms with Gasteiger partial charge in [-0.25, -0.2) is 4.39 Å². The molecule has 2 saturated heterocycles. The number of halogens is 1. The van der Waals surface area contributed by atoms with Crippen molar-refractivity contribution >= 4 is 46.3 Å².